The van der Waals surface area contributed by atoms with E-state index in [9.17, 15) is 9.59 Å². The number of carbonyl (C=O) groups is 2. The Kier molecular flexibility index (Phi) is 5.70. The highest BCUT2D eigenvalue weighted by Gasteiger charge is 2.17. The molecule has 0 aromatic heterocycles. The van der Waals surface area contributed by atoms with Crippen molar-refractivity contribution in [2.45, 2.75) is 32.9 Å². The number of likely N-dealkylation sites (N-methyl/N-ethyl adjacent to an activating group) is 1. The first-order valence-corrected chi connectivity index (χ1v) is 6.65. The first-order valence-electron chi connectivity index (χ1n) is 6.65. The molecule has 2 N–H and O–H groups in total. The number of benzene rings is 1. The van der Waals surface area contributed by atoms with Crippen molar-refractivity contribution in [3.63, 3.8) is 0 Å². The van der Waals surface area contributed by atoms with E-state index in [1.807, 2.05) is 13.8 Å². The molecule has 0 saturated carbocycles. The van der Waals surface area contributed by atoms with Crippen LogP contribution in [0.5, 0.6) is 0 Å². The zero-order valence-corrected chi connectivity index (χ0v) is 12.4. The first-order chi connectivity index (χ1) is 9.36. The molecule has 0 aliphatic carbocycles. The van der Waals surface area contributed by atoms with Gasteiger partial charge in [-0.2, -0.15) is 0 Å². The average molecular weight is 278 g/mol. The van der Waals surface area contributed by atoms with Gasteiger partial charge in [-0.25, -0.2) is 0 Å². The van der Waals surface area contributed by atoms with Crippen LogP contribution in [-0.2, 0) is 0 Å². The molecule has 1 unspecified atom stereocenters. The Morgan fingerprint density at radius 3 is 2.10 bits per heavy atom. The number of amides is 2. The van der Waals surface area contributed by atoms with Crippen LogP contribution < -0.4 is 5.32 Å². The van der Waals surface area contributed by atoms with Crippen molar-refractivity contribution >= 4 is 11.8 Å². The summed E-state index contributed by atoms with van der Waals surface area (Å²) in [6.07, 6.45) is 0. The van der Waals surface area contributed by atoms with Crippen LogP contribution in [0.2, 0.25) is 0 Å². The Balaban J connectivity index is 2.81. The summed E-state index contributed by atoms with van der Waals surface area (Å²) in [5.74, 6) is -0.335. The number of aliphatic hydroxyl groups excluding tert-OH is 1. The second kappa shape index (κ2) is 7.05. The van der Waals surface area contributed by atoms with Crippen LogP contribution in [0.15, 0.2) is 24.3 Å². The summed E-state index contributed by atoms with van der Waals surface area (Å²) in [6, 6.07) is 6.33. The summed E-state index contributed by atoms with van der Waals surface area (Å²) in [5, 5.41) is 11.8. The molecule has 0 aliphatic rings. The molecular weight excluding hydrogens is 256 g/mol. The number of nitrogens with one attached hydrogen (secondary N) is 1. The molecule has 0 heterocycles. The van der Waals surface area contributed by atoms with Crippen LogP contribution in [-0.4, -0.2) is 47.6 Å². The highest BCUT2D eigenvalue weighted by molar-refractivity contribution is 5.97. The van der Waals surface area contributed by atoms with Gasteiger partial charge in [0, 0.05) is 24.2 Å². The third-order valence-corrected chi connectivity index (χ3v) is 3.06. The number of carbonyl (C=O) groups excluding carboxylic acids is 2. The maximum Gasteiger partial charge on any atom is 0.253 e. The molecule has 0 radical (unpaired) electrons. The molecule has 110 valence electrons. The van der Waals surface area contributed by atoms with Crippen molar-refractivity contribution in [2.75, 3.05) is 13.7 Å². The third kappa shape index (κ3) is 4.06. The average Bonchev–Trinajstić information content (AvgIpc) is 2.44. The SMILES string of the molecule is CC(C)NC(=O)c1ccc(C(=O)N(C)C(C)CO)cc1. The monoisotopic (exact) mass is 278 g/mol. The van der Waals surface area contributed by atoms with Crippen LogP contribution in [0, 0.1) is 0 Å². The summed E-state index contributed by atoms with van der Waals surface area (Å²) in [7, 11) is 1.64. The lowest BCUT2D eigenvalue weighted by atomic mass is 10.1. The zero-order valence-electron chi connectivity index (χ0n) is 12.4. The molecule has 0 aliphatic heterocycles. The fourth-order valence-electron chi connectivity index (χ4n) is 1.64. The minimum atomic E-state index is -0.244. The van der Waals surface area contributed by atoms with Gasteiger partial charge < -0.3 is 15.3 Å². The quantitative estimate of drug-likeness (QED) is 0.852. The highest BCUT2D eigenvalue weighted by atomic mass is 16.3. The third-order valence-electron chi connectivity index (χ3n) is 3.06. The van der Waals surface area contributed by atoms with Gasteiger partial charge in [-0.05, 0) is 45.0 Å². The van der Waals surface area contributed by atoms with Gasteiger partial charge in [0.15, 0.2) is 0 Å². The lowest BCUT2D eigenvalue weighted by Gasteiger charge is -2.23. The predicted octanol–water partition coefficient (Wildman–Crippen LogP) is 1.28. The Labute approximate surface area is 119 Å². The summed E-state index contributed by atoms with van der Waals surface area (Å²) in [4.78, 5) is 25.4. The van der Waals surface area contributed by atoms with E-state index in [0.29, 0.717) is 11.1 Å². The fraction of sp³-hybridized carbons (Fsp3) is 0.467. The Bertz CT molecular complexity index is 469. The van der Waals surface area contributed by atoms with E-state index < -0.39 is 0 Å². The molecule has 1 atom stereocenters. The minimum absolute atomic E-state index is 0.0698. The maximum atomic E-state index is 12.1. The number of nitrogens with zero attached hydrogens (tertiary/aromatic N) is 1. The molecule has 0 fully saturated rings. The fourth-order valence-corrected chi connectivity index (χ4v) is 1.64. The Morgan fingerprint density at radius 1 is 1.15 bits per heavy atom. The normalized spacial score (nSPS) is 12.1. The molecule has 20 heavy (non-hydrogen) atoms. The van der Waals surface area contributed by atoms with Gasteiger partial charge in [0.1, 0.15) is 0 Å². The molecule has 0 bridgehead atoms. The van der Waals surface area contributed by atoms with Crippen molar-refractivity contribution in [1.29, 1.82) is 0 Å². The second-order valence-corrected chi connectivity index (χ2v) is 5.15. The second-order valence-electron chi connectivity index (χ2n) is 5.15. The van der Waals surface area contributed by atoms with E-state index in [1.165, 1.54) is 4.90 Å². The van der Waals surface area contributed by atoms with E-state index in [1.54, 1.807) is 38.2 Å². The van der Waals surface area contributed by atoms with E-state index >= 15 is 0 Å². The molecule has 5 heteroatoms. The van der Waals surface area contributed by atoms with Crippen LogP contribution in [0.25, 0.3) is 0 Å². The molecular formula is C15H22N2O3. The van der Waals surface area contributed by atoms with Crippen molar-refractivity contribution in [2.24, 2.45) is 0 Å². The molecule has 1 aromatic rings. The van der Waals surface area contributed by atoms with Crippen LogP contribution in [0.3, 0.4) is 0 Å². The predicted molar refractivity (Wildman–Crippen MR) is 77.7 cm³/mol. The van der Waals surface area contributed by atoms with Gasteiger partial charge in [0.25, 0.3) is 11.8 Å². The first kappa shape index (κ1) is 16.2. The lowest BCUT2D eigenvalue weighted by Crippen LogP contribution is -2.37. The zero-order chi connectivity index (χ0) is 15.3. The maximum absolute atomic E-state index is 12.1. The van der Waals surface area contributed by atoms with Gasteiger partial charge in [-0.3, -0.25) is 9.59 Å². The van der Waals surface area contributed by atoms with Gasteiger partial charge in [0.05, 0.1) is 12.6 Å². The van der Waals surface area contributed by atoms with Gasteiger partial charge >= 0.3 is 0 Å². The Morgan fingerprint density at radius 2 is 1.65 bits per heavy atom. The van der Waals surface area contributed by atoms with Crippen molar-refractivity contribution in [1.82, 2.24) is 10.2 Å². The molecule has 1 aromatic carbocycles. The van der Waals surface area contributed by atoms with E-state index in [4.69, 9.17) is 5.11 Å². The molecule has 0 saturated heterocycles. The van der Waals surface area contributed by atoms with E-state index in [-0.39, 0.29) is 30.5 Å². The van der Waals surface area contributed by atoms with Crippen LogP contribution in [0.1, 0.15) is 41.5 Å². The number of hydrogen-bond acceptors (Lipinski definition) is 3. The standard InChI is InChI=1S/C15H22N2O3/c1-10(2)16-14(19)12-5-7-13(8-6-12)15(20)17(4)11(3)9-18/h5-8,10-11,18H,9H2,1-4H3,(H,16,19). The largest absolute Gasteiger partial charge is 0.394 e. The van der Waals surface area contributed by atoms with Crippen molar-refractivity contribution < 1.29 is 14.7 Å². The molecule has 5 nitrogen and oxygen atoms in total. The summed E-state index contributed by atoms with van der Waals surface area (Å²) >= 11 is 0. The number of aliphatic hydroxyl groups is 1. The summed E-state index contributed by atoms with van der Waals surface area (Å²) in [6.45, 7) is 5.46. The number of rotatable bonds is 5. The van der Waals surface area contributed by atoms with Gasteiger partial charge in [0.2, 0.25) is 0 Å². The minimum Gasteiger partial charge on any atom is -0.394 e. The summed E-state index contributed by atoms with van der Waals surface area (Å²) < 4.78 is 0. The highest BCUT2D eigenvalue weighted by Crippen LogP contribution is 2.09. The number of hydrogen-bond donors (Lipinski definition) is 2. The summed E-state index contributed by atoms with van der Waals surface area (Å²) in [5.41, 5.74) is 1.02. The van der Waals surface area contributed by atoms with Crippen LogP contribution in [0.4, 0.5) is 0 Å². The van der Waals surface area contributed by atoms with Crippen molar-refractivity contribution in [3.8, 4) is 0 Å². The molecule has 2 amide bonds. The van der Waals surface area contributed by atoms with Crippen LogP contribution >= 0.6 is 0 Å². The molecule has 0 spiro atoms. The smallest absolute Gasteiger partial charge is 0.253 e. The lowest BCUT2D eigenvalue weighted by molar-refractivity contribution is 0.0681. The van der Waals surface area contributed by atoms with E-state index in [0.717, 1.165) is 0 Å². The molecule has 1 rings (SSSR count). The van der Waals surface area contributed by atoms with Gasteiger partial charge in [-0.1, -0.05) is 0 Å². The van der Waals surface area contributed by atoms with Crippen molar-refractivity contribution in [3.05, 3.63) is 35.4 Å². The van der Waals surface area contributed by atoms with E-state index in [2.05, 4.69) is 5.32 Å². The topological polar surface area (TPSA) is 69.6 Å². The van der Waals surface area contributed by atoms with Gasteiger partial charge in [-0.15, -0.1) is 0 Å². The Hall–Kier alpha value is -1.88.